The van der Waals surface area contributed by atoms with Gasteiger partial charge in [-0.1, -0.05) is 0 Å². The Kier molecular flexibility index (Phi) is 2.70. The molecule has 0 aliphatic carbocycles. The molecule has 2 aromatic rings. The fourth-order valence-corrected chi connectivity index (χ4v) is 3.23. The summed E-state index contributed by atoms with van der Waals surface area (Å²) in [4.78, 5) is 22.8. The molecule has 0 spiro atoms. The van der Waals surface area contributed by atoms with Gasteiger partial charge in [-0.25, -0.2) is 9.97 Å². The van der Waals surface area contributed by atoms with E-state index in [-0.39, 0.29) is 12.1 Å². The Bertz CT molecular complexity index is 645. The molecule has 1 N–H and O–H groups in total. The lowest BCUT2D eigenvalue weighted by molar-refractivity contribution is 0.0293. The second-order valence-electron chi connectivity index (χ2n) is 5.59. The van der Waals surface area contributed by atoms with E-state index in [4.69, 9.17) is 4.42 Å². The van der Waals surface area contributed by atoms with E-state index in [9.17, 15) is 4.79 Å². The summed E-state index contributed by atoms with van der Waals surface area (Å²) in [6.45, 7) is 2.18. The molecule has 3 saturated heterocycles. The molecule has 6 heteroatoms. The number of rotatable bonds is 2. The summed E-state index contributed by atoms with van der Waals surface area (Å²) in [5, 5.41) is 3.09. The van der Waals surface area contributed by atoms with Gasteiger partial charge in [0.05, 0.1) is 12.4 Å². The van der Waals surface area contributed by atoms with Crippen LogP contribution in [0, 0.1) is 5.92 Å². The van der Waals surface area contributed by atoms with Crippen LogP contribution in [-0.4, -0.2) is 40.0 Å². The van der Waals surface area contributed by atoms with Gasteiger partial charge in [0, 0.05) is 13.1 Å². The number of nitrogens with one attached hydrogen (secondary N) is 1. The first kappa shape index (κ1) is 11.8. The van der Waals surface area contributed by atoms with Crippen molar-refractivity contribution >= 4 is 17.0 Å². The Hall–Kier alpha value is -1.95. The maximum Gasteiger partial charge on any atom is 0.271 e. The van der Waals surface area contributed by atoms with Gasteiger partial charge < -0.3 is 9.73 Å². The van der Waals surface area contributed by atoms with Gasteiger partial charge in [-0.3, -0.25) is 9.69 Å². The van der Waals surface area contributed by atoms with E-state index in [1.165, 1.54) is 19.2 Å². The van der Waals surface area contributed by atoms with Gasteiger partial charge in [-0.15, -0.1) is 0 Å². The number of pyridine rings is 1. The highest BCUT2D eigenvalue weighted by Gasteiger charge is 2.34. The summed E-state index contributed by atoms with van der Waals surface area (Å²) >= 11 is 0. The number of carbonyl (C=O) groups is 1. The smallest absolute Gasteiger partial charge is 0.271 e. The minimum atomic E-state index is -0.132. The number of oxazole rings is 1. The van der Waals surface area contributed by atoms with Crippen molar-refractivity contribution in [2.75, 3.05) is 13.1 Å². The first-order chi connectivity index (χ1) is 9.79. The minimum Gasteiger partial charge on any atom is -0.442 e. The van der Waals surface area contributed by atoms with Gasteiger partial charge in [-0.05, 0) is 31.2 Å². The summed E-state index contributed by atoms with van der Waals surface area (Å²) in [5.41, 5.74) is 1.66. The molecule has 6 nitrogen and oxygen atoms in total. The second kappa shape index (κ2) is 4.56. The number of carbonyl (C=O) groups excluding carboxylic acids is 1. The van der Waals surface area contributed by atoms with E-state index in [2.05, 4.69) is 20.2 Å². The first-order valence-corrected chi connectivity index (χ1v) is 7.04. The largest absolute Gasteiger partial charge is 0.442 e. The molecule has 0 aromatic carbocycles. The molecule has 3 aliphatic heterocycles. The topological polar surface area (TPSA) is 71.3 Å². The van der Waals surface area contributed by atoms with Crippen molar-refractivity contribution in [3.63, 3.8) is 0 Å². The first-order valence-electron chi connectivity index (χ1n) is 7.04. The average molecular weight is 272 g/mol. The molecule has 3 fully saturated rings. The van der Waals surface area contributed by atoms with Crippen LogP contribution in [0.4, 0.5) is 0 Å². The van der Waals surface area contributed by atoms with Crippen LogP contribution in [0.2, 0.25) is 0 Å². The number of nitrogens with zero attached hydrogens (tertiary/aromatic N) is 3. The minimum absolute atomic E-state index is 0.132. The van der Waals surface area contributed by atoms with E-state index >= 15 is 0 Å². The van der Waals surface area contributed by atoms with Gasteiger partial charge in [0.15, 0.2) is 12.0 Å². The fourth-order valence-electron chi connectivity index (χ4n) is 3.23. The van der Waals surface area contributed by atoms with Crippen LogP contribution in [0.5, 0.6) is 0 Å². The van der Waals surface area contributed by atoms with E-state index in [0.29, 0.717) is 16.8 Å². The summed E-state index contributed by atoms with van der Waals surface area (Å²) < 4.78 is 5.13. The van der Waals surface area contributed by atoms with Crippen molar-refractivity contribution in [2.45, 2.75) is 25.4 Å². The highest BCUT2D eigenvalue weighted by molar-refractivity contribution is 5.94. The molecule has 1 unspecified atom stereocenters. The van der Waals surface area contributed by atoms with Crippen molar-refractivity contribution < 1.29 is 9.21 Å². The lowest BCUT2D eigenvalue weighted by atomic mass is 9.86. The molecule has 5 rings (SSSR count). The van der Waals surface area contributed by atoms with Gasteiger partial charge in [-0.2, -0.15) is 0 Å². The zero-order valence-electron chi connectivity index (χ0n) is 11.1. The molecule has 2 bridgehead atoms. The molecule has 1 amide bonds. The number of hydrogen-bond donors (Lipinski definition) is 1. The predicted molar refractivity (Wildman–Crippen MR) is 72.0 cm³/mol. The zero-order valence-corrected chi connectivity index (χ0v) is 11.1. The van der Waals surface area contributed by atoms with E-state index in [1.54, 1.807) is 12.3 Å². The lowest BCUT2D eigenvalue weighted by Crippen LogP contribution is -2.56. The summed E-state index contributed by atoms with van der Waals surface area (Å²) in [6.07, 6.45) is 6.64. The van der Waals surface area contributed by atoms with Gasteiger partial charge >= 0.3 is 0 Å². The van der Waals surface area contributed by atoms with Crippen LogP contribution in [0.25, 0.3) is 11.1 Å². The van der Waals surface area contributed by atoms with Crippen LogP contribution in [-0.2, 0) is 0 Å². The molecule has 3 aliphatic rings. The van der Waals surface area contributed by atoms with Crippen molar-refractivity contribution in [1.82, 2.24) is 20.2 Å². The molecule has 2 aromatic heterocycles. The SMILES string of the molecule is O=C(NC1CC2CCN1CC2)c1cc2ncoc2cn1. The summed E-state index contributed by atoms with van der Waals surface area (Å²) in [5.74, 6) is 0.628. The van der Waals surface area contributed by atoms with E-state index in [1.807, 2.05) is 0 Å². The third-order valence-electron chi connectivity index (χ3n) is 4.40. The van der Waals surface area contributed by atoms with Crippen LogP contribution >= 0.6 is 0 Å². The molecule has 0 saturated carbocycles. The van der Waals surface area contributed by atoms with Crippen LogP contribution < -0.4 is 5.32 Å². The van der Waals surface area contributed by atoms with Crippen LogP contribution in [0.1, 0.15) is 29.8 Å². The predicted octanol–water partition coefficient (Wildman–Crippen LogP) is 1.39. The fraction of sp³-hybridized carbons (Fsp3) is 0.500. The third-order valence-corrected chi connectivity index (χ3v) is 4.40. The standard InChI is InChI=1S/C14H16N4O2/c19-14(11-6-10-12(7-15-11)20-8-16-10)17-13-5-9-1-3-18(13)4-2-9/h6-9,13H,1-5H2,(H,17,19). The Labute approximate surface area is 116 Å². The van der Waals surface area contributed by atoms with Gasteiger partial charge in [0.1, 0.15) is 11.2 Å². The van der Waals surface area contributed by atoms with Crippen LogP contribution in [0.15, 0.2) is 23.1 Å². The number of aromatic nitrogens is 2. The van der Waals surface area contributed by atoms with Gasteiger partial charge in [0.25, 0.3) is 5.91 Å². The number of amides is 1. The van der Waals surface area contributed by atoms with Crippen LogP contribution in [0.3, 0.4) is 0 Å². The van der Waals surface area contributed by atoms with Crippen molar-refractivity contribution in [3.05, 3.63) is 24.4 Å². The molecular formula is C14H16N4O2. The highest BCUT2D eigenvalue weighted by atomic mass is 16.3. The Morgan fingerprint density at radius 3 is 2.95 bits per heavy atom. The maximum absolute atomic E-state index is 12.3. The molecule has 104 valence electrons. The Balaban J connectivity index is 1.52. The molecule has 20 heavy (non-hydrogen) atoms. The zero-order chi connectivity index (χ0) is 13.5. The maximum atomic E-state index is 12.3. The van der Waals surface area contributed by atoms with E-state index < -0.39 is 0 Å². The highest BCUT2D eigenvalue weighted by Crippen LogP contribution is 2.30. The number of piperidine rings is 3. The van der Waals surface area contributed by atoms with Crippen molar-refractivity contribution in [3.8, 4) is 0 Å². The average Bonchev–Trinajstić information content (AvgIpc) is 2.96. The monoisotopic (exact) mass is 272 g/mol. The summed E-state index contributed by atoms with van der Waals surface area (Å²) in [6, 6.07) is 1.67. The Morgan fingerprint density at radius 1 is 1.35 bits per heavy atom. The normalized spacial score (nSPS) is 28.7. The summed E-state index contributed by atoms with van der Waals surface area (Å²) in [7, 11) is 0. The third kappa shape index (κ3) is 1.96. The molecule has 1 atom stereocenters. The van der Waals surface area contributed by atoms with E-state index in [0.717, 1.165) is 25.4 Å². The van der Waals surface area contributed by atoms with Crippen molar-refractivity contribution in [1.29, 1.82) is 0 Å². The Morgan fingerprint density at radius 2 is 2.20 bits per heavy atom. The second-order valence-corrected chi connectivity index (χ2v) is 5.59. The quantitative estimate of drug-likeness (QED) is 0.894. The number of fused-ring (bicyclic) bond motifs is 4. The van der Waals surface area contributed by atoms with Crippen molar-refractivity contribution in [2.24, 2.45) is 5.92 Å². The van der Waals surface area contributed by atoms with Gasteiger partial charge in [0.2, 0.25) is 0 Å². The molecule has 0 radical (unpaired) electrons. The number of hydrogen-bond acceptors (Lipinski definition) is 5. The lowest BCUT2D eigenvalue weighted by Gasteiger charge is -2.45. The molecular weight excluding hydrogens is 256 g/mol. The molecule has 5 heterocycles.